The molecule has 0 fully saturated rings. The van der Waals surface area contributed by atoms with Crippen molar-refractivity contribution in [3.05, 3.63) is 36.3 Å². The molecule has 0 aliphatic heterocycles. The molecule has 90 valence electrons. The maximum absolute atomic E-state index is 13.0. The van der Waals surface area contributed by atoms with Crippen molar-refractivity contribution < 1.29 is 9.18 Å². The second-order valence-electron chi connectivity index (χ2n) is 3.99. The normalized spacial score (nSPS) is 10.7. The average Bonchev–Trinajstić information content (AvgIpc) is 2.71. The van der Waals surface area contributed by atoms with Crippen molar-refractivity contribution in [2.24, 2.45) is 0 Å². The lowest BCUT2D eigenvalue weighted by Gasteiger charge is -2.05. The zero-order valence-corrected chi connectivity index (χ0v) is 9.74. The van der Waals surface area contributed by atoms with E-state index in [1.54, 1.807) is 13.1 Å². The first kappa shape index (κ1) is 11.6. The topological polar surface area (TPSA) is 34.0 Å². The first-order valence-corrected chi connectivity index (χ1v) is 5.65. The smallest absolute Gasteiger partial charge is 0.219 e. The van der Waals surface area contributed by atoms with E-state index in [0.717, 1.165) is 23.9 Å². The van der Waals surface area contributed by atoms with E-state index in [1.165, 1.54) is 12.1 Å². The number of hydrogen-bond acceptors (Lipinski definition) is 1. The summed E-state index contributed by atoms with van der Waals surface area (Å²) in [6, 6.07) is 6.63. The zero-order valence-electron chi connectivity index (χ0n) is 9.74. The molecular weight excluding hydrogens is 219 g/mol. The lowest BCUT2D eigenvalue weighted by molar-refractivity contribution is -0.120. The highest BCUT2D eigenvalue weighted by atomic mass is 19.1. The van der Waals surface area contributed by atoms with Crippen molar-refractivity contribution in [1.82, 2.24) is 9.88 Å². The minimum absolute atomic E-state index is 0.0486. The number of amides is 1. The van der Waals surface area contributed by atoms with Gasteiger partial charge in [0.2, 0.25) is 5.91 Å². The van der Waals surface area contributed by atoms with Crippen molar-refractivity contribution in [2.75, 3.05) is 7.05 Å². The van der Waals surface area contributed by atoms with Gasteiger partial charge in [0.05, 0.1) is 0 Å². The van der Waals surface area contributed by atoms with E-state index in [9.17, 15) is 9.18 Å². The molecule has 0 saturated carbocycles. The molecule has 0 aliphatic rings. The van der Waals surface area contributed by atoms with E-state index in [1.807, 2.05) is 16.8 Å². The van der Waals surface area contributed by atoms with Crippen LogP contribution in [0.1, 0.15) is 12.8 Å². The third-order valence-corrected chi connectivity index (χ3v) is 2.81. The Hall–Kier alpha value is -1.84. The Morgan fingerprint density at radius 1 is 1.41 bits per heavy atom. The number of aromatic nitrogens is 1. The van der Waals surface area contributed by atoms with E-state index in [4.69, 9.17) is 0 Å². The molecule has 2 aromatic rings. The van der Waals surface area contributed by atoms with Crippen molar-refractivity contribution in [3.63, 3.8) is 0 Å². The van der Waals surface area contributed by atoms with E-state index >= 15 is 0 Å². The second kappa shape index (κ2) is 4.99. The van der Waals surface area contributed by atoms with Crippen molar-refractivity contribution in [3.8, 4) is 0 Å². The minimum atomic E-state index is -0.222. The molecule has 1 N–H and O–H groups in total. The molecule has 0 bridgehead atoms. The summed E-state index contributed by atoms with van der Waals surface area (Å²) in [5.41, 5.74) is 1.00. The maximum atomic E-state index is 13.0. The van der Waals surface area contributed by atoms with E-state index in [0.29, 0.717) is 6.42 Å². The first-order chi connectivity index (χ1) is 8.20. The highest BCUT2D eigenvalue weighted by Gasteiger charge is 2.03. The lowest BCUT2D eigenvalue weighted by atomic mass is 10.2. The molecule has 1 heterocycles. The van der Waals surface area contributed by atoms with Gasteiger partial charge in [-0.25, -0.2) is 4.39 Å². The molecule has 4 heteroatoms. The lowest BCUT2D eigenvalue weighted by Crippen LogP contribution is -2.17. The summed E-state index contributed by atoms with van der Waals surface area (Å²) in [6.45, 7) is 0.766. The summed E-state index contributed by atoms with van der Waals surface area (Å²) in [5.74, 6) is -0.173. The molecule has 0 aliphatic carbocycles. The minimum Gasteiger partial charge on any atom is -0.359 e. The van der Waals surface area contributed by atoms with Crippen LogP contribution in [0, 0.1) is 5.82 Å². The van der Waals surface area contributed by atoms with Crippen LogP contribution in [0.5, 0.6) is 0 Å². The van der Waals surface area contributed by atoms with Gasteiger partial charge in [-0.3, -0.25) is 4.79 Å². The van der Waals surface area contributed by atoms with Crippen molar-refractivity contribution in [1.29, 1.82) is 0 Å². The molecule has 0 radical (unpaired) electrons. The van der Waals surface area contributed by atoms with Gasteiger partial charge < -0.3 is 9.88 Å². The highest BCUT2D eigenvalue weighted by Crippen LogP contribution is 2.17. The fourth-order valence-corrected chi connectivity index (χ4v) is 1.90. The molecular formula is C13H15FN2O. The number of carbonyl (C=O) groups is 1. The SMILES string of the molecule is CNC(=O)CCCn1ccc2cc(F)ccc21. The molecule has 1 aromatic carbocycles. The van der Waals surface area contributed by atoms with Crippen LogP contribution in [-0.4, -0.2) is 17.5 Å². The van der Waals surface area contributed by atoms with E-state index in [-0.39, 0.29) is 11.7 Å². The van der Waals surface area contributed by atoms with Crippen LogP contribution < -0.4 is 5.32 Å². The number of halogens is 1. The third-order valence-electron chi connectivity index (χ3n) is 2.81. The number of hydrogen-bond donors (Lipinski definition) is 1. The Labute approximate surface area is 99.2 Å². The van der Waals surface area contributed by atoms with Crippen molar-refractivity contribution >= 4 is 16.8 Å². The Balaban J connectivity index is 2.06. The Kier molecular flexibility index (Phi) is 3.42. The van der Waals surface area contributed by atoms with Crippen LogP contribution in [-0.2, 0) is 11.3 Å². The van der Waals surface area contributed by atoms with Crippen LogP contribution in [0.15, 0.2) is 30.5 Å². The maximum Gasteiger partial charge on any atom is 0.219 e. The average molecular weight is 234 g/mol. The van der Waals surface area contributed by atoms with Crippen LogP contribution in [0.25, 0.3) is 10.9 Å². The van der Waals surface area contributed by atoms with Crippen LogP contribution >= 0.6 is 0 Å². The van der Waals surface area contributed by atoms with Crippen LogP contribution in [0.3, 0.4) is 0 Å². The quantitative estimate of drug-likeness (QED) is 0.865. The number of rotatable bonds is 4. The Morgan fingerprint density at radius 2 is 2.24 bits per heavy atom. The standard InChI is InChI=1S/C13H15FN2O/c1-15-13(17)3-2-7-16-8-6-10-9-11(14)4-5-12(10)16/h4-6,8-9H,2-3,7H2,1H3,(H,15,17). The second-order valence-corrected chi connectivity index (χ2v) is 3.99. The van der Waals surface area contributed by atoms with Gasteiger partial charge >= 0.3 is 0 Å². The highest BCUT2D eigenvalue weighted by molar-refractivity contribution is 5.80. The number of nitrogens with one attached hydrogen (secondary N) is 1. The van der Waals surface area contributed by atoms with E-state index < -0.39 is 0 Å². The molecule has 17 heavy (non-hydrogen) atoms. The summed E-state index contributed by atoms with van der Waals surface area (Å²) in [6.07, 6.45) is 3.21. The number of carbonyl (C=O) groups excluding carboxylic acids is 1. The molecule has 0 saturated heterocycles. The van der Waals surface area contributed by atoms with Crippen molar-refractivity contribution in [2.45, 2.75) is 19.4 Å². The summed E-state index contributed by atoms with van der Waals surface area (Å²) in [5, 5.41) is 3.49. The van der Waals surface area contributed by atoms with E-state index in [2.05, 4.69) is 5.32 Å². The van der Waals surface area contributed by atoms with Crippen LogP contribution in [0.2, 0.25) is 0 Å². The van der Waals surface area contributed by atoms with Gasteiger partial charge in [-0.05, 0) is 30.7 Å². The van der Waals surface area contributed by atoms with Gasteiger partial charge in [0.1, 0.15) is 5.82 Å². The Morgan fingerprint density at radius 3 is 3.00 bits per heavy atom. The molecule has 0 unspecified atom stereocenters. The molecule has 1 amide bonds. The van der Waals surface area contributed by atoms with Gasteiger partial charge in [-0.1, -0.05) is 0 Å². The first-order valence-electron chi connectivity index (χ1n) is 5.65. The molecule has 2 rings (SSSR count). The fraction of sp³-hybridized carbons (Fsp3) is 0.308. The van der Waals surface area contributed by atoms with Gasteiger partial charge in [-0.15, -0.1) is 0 Å². The molecule has 0 spiro atoms. The Bertz CT molecular complexity index is 533. The largest absolute Gasteiger partial charge is 0.359 e. The summed E-state index contributed by atoms with van der Waals surface area (Å²) in [7, 11) is 1.64. The fourth-order valence-electron chi connectivity index (χ4n) is 1.90. The van der Waals surface area contributed by atoms with Crippen LogP contribution in [0.4, 0.5) is 4.39 Å². The van der Waals surface area contributed by atoms with Gasteiger partial charge in [0.15, 0.2) is 0 Å². The summed E-state index contributed by atoms with van der Waals surface area (Å²) >= 11 is 0. The molecule has 1 aromatic heterocycles. The van der Waals surface area contributed by atoms with Gasteiger partial charge in [0.25, 0.3) is 0 Å². The number of benzene rings is 1. The van der Waals surface area contributed by atoms with Gasteiger partial charge in [0, 0.05) is 37.1 Å². The third kappa shape index (κ3) is 2.64. The number of aryl methyl sites for hydroxylation is 1. The summed E-state index contributed by atoms with van der Waals surface area (Å²) in [4.78, 5) is 11.1. The number of fused-ring (bicyclic) bond motifs is 1. The number of nitrogens with zero attached hydrogens (tertiary/aromatic N) is 1. The predicted octanol–water partition coefficient (Wildman–Crippen LogP) is 2.31. The zero-order chi connectivity index (χ0) is 12.3. The monoisotopic (exact) mass is 234 g/mol. The predicted molar refractivity (Wildman–Crippen MR) is 65.2 cm³/mol. The van der Waals surface area contributed by atoms with Gasteiger partial charge in [-0.2, -0.15) is 0 Å². The summed E-state index contributed by atoms with van der Waals surface area (Å²) < 4.78 is 15.0. The molecule has 0 atom stereocenters. The molecule has 3 nitrogen and oxygen atoms in total.